The second kappa shape index (κ2) is 10.1. The number of pyridine rings is 1. The number of methoxy groups -OCH3 is 2. The zero-order valence-electron chi connectivity index (χ0n) is 16.9. The van der Waals surface area contributed by atoms with Crippen molar-refractivity contribution in [3.8, 4) is 34.5 Å². The van der Waals surface area contributed by atoms with Gasteiger partial charge in [0, 0.05) is 30.0 Å². The fraction of sp³-hybridized carbons (Fsp3) is 0.190. The number of nitrogens with zero attached hydrogens (tertiary/aromatic N) is 1. The number of phenolic OH excluding ortho intramolecular Hbond substituents is 3. The lowest BCUT2D eigenvalue weighted by molar-refractivity contribution is -0.106. The van der Waals surface area contributed by atoms with Crippen LogP contribution in [0.1, 0.15) is 23.1 Å². The molecule has 3 rings (SSSR count). The van der Waals surface area contributed by atoms with Crippen LogP contribution >= 0.6 is 0 Å². The van der Waals surface area contributed by atoms with Crippen LogP contribution in [0.3, 0.4) is 0 Å². The molecular weight excluding hydrogens is 410 g/mol. The van der Waals surface area contributed by atoms with Crippen LogP contribution in [-0.2, 0) is 20.9 Å². The largest absolute Gasteiger partial charge is 0.508 e. The van der Waals surface area contributed by atoms with E-state index in [-0.39, 0.29) is 35.3 Å². The quantitative estimate of drug-likeness (QED) is 0.350. The highest BCUT2D eigenvalue weighted by Crippen LogP contribution is 2.43. The normalized spacial score (nSPS) is 10.2. The maximum Gasteiger partial charge on any atom is 0.360 e. The maximum atomic E-state index is 11.9. The molecule has 10 nitrogen and oxygen atoms in total. The summed E-state index contributed by atoms with van der Waals surface area (Å²) in [6, 6.07) is 6.49. The average Bonchev–Trinajstić information content (AvgIpc) is 2.72. The number of aldehydes is 1. The Hall–Kier alpha value is -4.05. The number of aromatic hydroxyl groups is 4. The van der Waals surface area contributed by atoms with Crippen LogP contribution in [0.25, 0.3) is 10.8 Å². The molecule has 10 heteroatoms. The van der Waals surface area contributed by atoms with Crippen molar-refractivity contribution in [2.24, 2.45) is 0 Å². The van der Waals surface area contributed by atoms with Crippen molar-refractivity contribution in [2.75, 3.05) is 14.2 Å². The number of hydrogen-bond acceptors (Lipinski definition) is 10. The molecule has 2 aromatic carbocycles. The van der Waals surface area contributed by atoms with Crippen molar-refractivity contribution < 1.29 is 44.2 Å². The standard InChI is InChI=1S/C19H17NO8.C2H4O/c1-26-8-13-12-7-10(28-18-14(22)5-9(21)6-15(18)23)3-4-11(12)17(24)16(20-13)19(25)27-2;1-2-3/h3-7,21-24H,8H2,1-2H3;2H,1H3. The van der Waals surface area contributed by atoms with E-state index in [1.807, 2.05) is 0 Å². The predicted octanol–water partition coefficient (Wildman–Crippen LogP) is 2.99. The third kappa shape index (κ3) is 5.11. The van der Waals surface area contributed by atoms with Crippen molar-refractivity contribution in [3.63, 3.8) is 0 Å². The minimum absolute atomic E-state index is 0.0416. The zero-order chi connectivity index (χ0) is 23.1. The summed E-state index contributed by atoms with van der Waals surface area (Å²) >= 11 is 0. The van der Waals surface area contributed by atoms with Gasteiger partial charge in [0.25, 0.3) is 0 Å². The third-order valence-electron chi connectivity index (χ3n) is 3.94. The first-order valence-electron chi connectivity index (χ1n) is 8.82. The highest BCUT2D eigenvalue weighted by molar-refractivity contribution is 6.00. The summed E-state index contributed by atoms with van der Waals surface area (Å²) in [6.07, 6.45) is 0.750. The van der Waals surface area contributed by atoms with Crippen molar-refractivity contribution in [2.45, 2.75) is 13.5 Å². The molecule has 164 valence electrons. The number of hydrogen-bond donors (Lipinski definition) is 4. The molecule has 1 heterocycles. The summed E-state index contributed by atoms with van der Waals surface area (Å²) in [4.78, 5) is 24.8. The van der Waals surface area contributed by atoms with E-state index in [1.54, 1.807) is 0 Å². The van der Waals surface area contributed by atoms with Crippen molar-refractivity contribution >= 4 is 23.0 Å². The second-order valence-corrected chi connectivity index (χ2v) is 6.04. The van der Waals surface area contributed by atoms with Crippen molar-refractivity contribution in [3.05, 3.63) is 41.7 Å². The van der Waals surface area contributed by atoms with E-state index in [4.69, 9.17) is 14.3 Å². The molecule has 0 bridgehead atoms. The first-order valence-corrected chi connectivity index (χ1v) is 8.82. The number of benzene rings is 2. The summed E-state index contributed by atoms with van der Waals surface area (Å²) in [5.41, 5.74) is 0.102. The van der Waals surface area contributed by atoms with Gasteiger partial charge >= 0.3 is 5.97 Å². The summed E-state index contributed by atoms with van der Waals surface area (Å²) in [5.74, 6) is -2.46. The van der Waals surface area contributed by atoms with Crippen LogP contribution in [0.4, 0.5) is 0 Å². The van der Waals surface area contributed by atoms with Gasteiger partial charge < -0.3 is 39.4 Å². The van der Waals surface area contributed by atoms with E-state index in [1.165, 1.54) is 39.3 Å². The topological polar surface area (TPSA) is 156 Å². The van der Waals surface area contributed by atoms with Crippen LogP contribution in [0.2, 0.25) is 0 Å². The Balaban J connectivity index is 0.00000107. The summed E-state index contributed by atoms with van der Waals surface area (Å²) in [6.45, 7) is 1.49. The smallest absolute Gasteiger partial charge is 0.360 e. The molecule has 0 radical (unpaired) electrons. The number of rotatable bonds is 5. The van der Waals surface area contributed by atoms with Gasteiger partial charge in [0.15, 0.2) is 22.9 Å². The summed E-state index contributed by atoms with van der Waals surface area (Å²) < 4.78 is 15.3. The number of carbonyl (C=O) groups excluding carboxylic acids is 2. The maximum absolute atomic E-state index is 11.9. The Morgan fingerprint density at radius 3 is 2.19 bits per heavy atom. The van der Waals surface area contributed by atoms with Gasteiger partial charge in [-0.25, -0.2) is 9.78 Å². The lowest BCUT2D eigenvalue weighted by Crippen LogP contribution is -2.08. The zero-order valence-corrected chi connectivity index (χ0v) is 16.9. The lowest BCUT2D eigenvalue weighted by Gasteiger charge is -2.13. The molecule has 0 aliphatic rings. The van der Waals surface area contributed by atoms with Gasteiger partial charge in [-0.15, -0.1) is 0 Å². The number of esters is 1. The number of ether oxygens (including phenoxy) is 3. The molecule has 0 saturated carbocycles. The van der Waals surface area contributed by atoms with Crippen LogP contribution < -0.4 is 4.74 Å². The summed E-state index contributed by atoms with van der Waals surface area (Å²) in [5, 5.41) is 40.3. The highest BCUT2D eigenvalue weighted by atomic mass is 16.5. The minimum Gasteiger partial charge on any atom is -0.508 e. The molecule has 0 spiro atoms. The van der Waals surface area contributed by atoms with Gasteiger partial charge in [-0.05, 0) is 25.1 Å². The molecule has 0 fully saturated rings. The van der Waals surface area contributed by atoms with Crippen molar-refractivity contribution in [1.82, 2.24) is 4.98 Å². The van der Waals surface area contributed by atoms with E-state index in [2.05, 4.69) is 9.72 Å². The van der Waals surface area contributed by atoms with Gasteiger partial charge in [-0.2, -0.15) is 0 Å². The number of carbonyl (C=O) groups is 2. The average molecular weight is 431 g/mol. The molecule has 0 aliphatic heterocycles. The van der Waals surface area contributed by atoms with Gasteiger partial charge in [0.2, 0.25) is 5.75 Å². The molecular formula is C21H21NO9. The van der Waals surface area contributed by atoms with Crippen LogP contribution in [0, 0.1) is 0 Å². The van der Waals surface area contributed by atoms with E-state index in [0.717, 1.165) is 18.4 Å². The Kier molecular flexibility index (Phi) is 7.58. The monoisotopic (exact) mass is 431 g/mol. The Morgan fingerprint density at radius 2 is 1.65 bits per heavy atom. The van der Waals surface area contributed by atoms with E-state index >= 15 is 0 Å². The SMILES string of the molecule is CC=O.COCc1nc(C(=O)OC)c(O)c2ccc(Oc3c(O)cc(O)cc3O)cc12. The summed E-state index contributed by atoms with van der Waals surface area (Å²) in [7, 11) is 2.63. The van der Waals surface area contributed by atoms with E-state index in [9.17, 15) is 25.2 Å². The third-order valence-corrected chi connectivity index (χ3v) is 3.94. The Bertz CT molecular complexity index is 1090. The van der Waals surface area contributed by atoms with Crippen LogP contribution in [-0.4, -0.2) is 51.9 Å². The first-order chi connectivity index (χ1) is 14.8. The number of aromatic nitrogens is 1. The molecule has 0 aliphatic carbocycles. The fourth-order valence-electron chi connectivity index (χ4n) is 2.70. The van der Waals surface area contributed by atoms with E-state index < -0.39 is 17.5 Å². The molecule has 4 N–H and O–H groups in total. The number of fused-ring (bicyclic) bond motifs is 1. The van der Waals surface area contributed by atoms with Crippen LogP contribution in [0.15, 0.2) is 30.3 Å². The Morgan fingerprint density at radius 1 is 1.03 bits per heavy atom. The van der Waals surface area contributed by atoms with E-state index in [0.29, 0.717) is 16.5 Å². The van der Waals surface area contributed by atoms with Crippen LogP contribution in [0.5, 0.6) is 34.5 Å². The fourth-order valence-corrected chi connectivity index (χ4v) is 2.70. The number of phenols is 3. The molecule has 1 aromatic heterocycles. The van der Waals surface area contributed by atoms with Crippen molar-refractivity contribution in [1.29, 1.82) is 0 Å². The van der Waals surface area contributed by atoms with Gasteiger partial charge in [0.1, 0.15) is 17.8 Å². The first kappa shape index (κ1) is 23.2. The van der Waals surface area contributed by atoms with Gasteiger partial charge in [0.05, 0.1) is 19.4 Å². The molecule has 0 unspecified atom stereocenters. The highest BCUT2D eigenvalue weighted by Gasteiger charge is 2.21. The predicted molar refractivity (Wildman–Crippen MR) is 109 cm³/mol. The Labute approximate surface area is 176 Å². The molecule has 0 atom stereocenters. The molecule has 0 saturated heterocycles. The second-order valence-electron chi connectivity index (χ2n) is 6.04. The lowest BCUT2D eigenvalue weighted by atomic mass is 10.1. The molecule has 31 heavy (non-hydrogen) atoms. The van der Waals surface area contributed by atoms with Gasteiger partial charge in [-0.3, -0.25) is 0 Å². The molecule has 3 aromatic rings. The minimum atomic E-state index is -0.795. The molecule has 0 amide bonds. The van der Waals surface area contributed by atoms with Gasteiger partial charge in [-0.1, -0.05) is 0 Å².